The summed E-state index contributed by atoms with van der Waals surface area (Å²) in [5.41, 5.74) is 5.62. The number of rotatable bonds is 7. The third-order valence-electron chi connectivity index (χ3n) is 9.90. The monoisotopic (exact) mass is 565 g/mol. The molecule has 3 heterocycles. The number of piperidine rings is 1. The highest BCUT2D eigenvalue weighted by atomic mass is 16.1. The minimum absolute atomic E-state index is 0.0462. The van der Waals surface area contributed by atoms with Gasteiger partial charge in [-0.05, 0) is 84.7 Å². The van der Waals surface area contributed by atoms with E-state index in [1.54, 1.807) is 6.33 Å². The Morgan fingerprint density at radius 3 is 2.62 bits per heavy atom. The molecule has 1 aromatic carbocycles. The Hall–Kier alpha value is -3.57. The number of carbonyl (C=O) groups is 1. The summed E-state index contributed by atoms with van der Waals surface area (Å²) in [6, 6.07) is 12.5. The molecule has 0 bridgehead atoms. The van der Waals surface area contributed by atoms with Crippen molar-refractivity contribution in [3.8, 4) is 6.07 Å². The van der Waals surface area contributed by atoms with Crippen molar-refractivity contribution < 1.29 is 4.79 Å². The molecule has 2 fully saturated rings. The van der Waals surface area contributed by atoms with Gasteiger partial charge in [0.05, 0.1) is 17.2 Å². The number of hydrogen-bond donors (Lipinski definition) is 1. The van der Waals surface area contributed by atoms with Gasteiger partial charge in [0.1, 0.15) is 17.8 Å². The van der Waals surface area contributed by atoms with Crippen LogP contribution in [0.3, 0.4) is 0 Å². The van der Waals surface area contributed by atoms with Gasteiger partial charge >= 0.3 is 0 Å². The molecule has 8 heteroatoms. The number of anilines is 1. The van der Waals surface area contributed by atoms with Gasteiger partial charge in [-0.2, -0.15) is 5.26 Å². The van der Waals surface area contributed by atoms with Crippen LogP contribution in [0.2, 0.25) is 0 Å². The number of amides is 1. The predicted molar refractivity (Wildman–Crippen MR) is 163 cm³/mol. The van der Waals surface area contributed by atoms with E-state index >= 15 is 0 Å². The Kier molecular flexibility index (Phi) is 7.43. The minimum atomic E-state index is -0.320. The van der Waals surface area contributed by atoms with Crippen LogP contribution in [-0.2, 0) is 30.8 Å². The lowest BCUT2D eigenvalue weighted by molar-refractivity contribution is 0.102. The maximum absolute atomic E-state index is 13.8. The molecule has 1 N–H and O–H groups in total. The third-order valence-corrected chi connectivity index (χ3v) is 9.90. The lowest BCUT2D eigenvalue weighted by Crippen LogP contribution is -2.44. The number of likely N-dealkylation sites (tertiary alicyclic amines) is 1. The number of aryl methyl sites for hydroxylation is 1. The molecule has 6 rings (SSSR count). The summed E-state index contributed by atoms with van der Waals surface area (Å²) >= 11 is 0. The summed E-state index contributed by atoms with van der Waals surface area (Å²) < 4.78 is 1.97. The molecule has 0 spiro atoms. The first-order valence-corrected chi connectivity index (χ1v) is 15.5. The molecule has 8 nitrogen and oxygen atoms in total. The normalized spacial score (nSPS) is 26.7. The van der Waals surface area contributed by atoms with Gasteiger partial charge in [0.25, 0.3) is 5.91 Å². The molecule has 1 saturated carbocycles. The van der Waals surface area contributed by atoms with E-state index in [9.17, 15) is 10.1 Å². The van der Waals surface area contributed by atoms with Crippen LogP contribution in [0.4, 0.5) is 5.69 Å². The summed E-state index contributed by atoms with van der Waals surface area (Å²) in [6.45, 7) is 12.2. The molecule has 2 aliphatic carbocycles. The van der Waals surface area contributed by atoms with Crippen LogP contribution in [0.5, 0.6) is 0 Å². The highest BCUT2D eigenvalue weighted by Gasteiger charge is 2.49. The molecule has 2 aromatic heterocycles. The summed E-state index contributed by atoms with van der Waals surface area (Å²) in [7, 11) is 1.96. The highest BCUT2D eigenvalue weighted by Crippen LogP contribution is 2.53. The Labute approximate surface area is 249 Å². The third kappa shape index (κ3) is 5.24. The Morgan fingerprint density at radius 2 is 1.93 bits per heavy atom. The Morgan fingerprint density at radius 1 is 1.17 bits per heavy atom. The van der Waals surface area contributed by atoms with Crippen LogP contribution in [0, 0.1) is 29.1 Å². The van der Waals surface area contributed by atoms with Crippen molar-refractivity contribution in [1.29, 1.82) is 5.26 Å². The lowest BCUT2D eigenvalue weighted by Gasteiger charge is -2.46. The molecule has 1 aliphatic heterocycles. The van der Waals surface area contributed by atoms with E-state index in [1.165, 1.54) is 17.5 Å². The molecule has 1 amide bonds. The number of aromatic nitrogens is 4. The van der Waals surface area contributed by atoms with Gasteiger partial charge in [0, 0.05) is 44.2 Å². The van der Waals surface area contributed by atoms with Crippen LogP contribution in [0.1, 0.15) is 98.5 Å². The molecule has 1 saturated heterocycles. The van der Waals surface area contributed by atoms with E-state index in [0.717, 1.165) is 68.1 Å². The Bertz CT molecular complexity index is 1520. The largest absolute Gasteiger partial charge is 0.321 e. The zero-order chi connectivity index (χ0) is 29.6. The molecule has 42 heavy (non-hydrogen) atoms. The fourth-order valence-corrected chi connectivity index (χ4v) is 7.99. The first kappa shape index (κ1) is 28.5. The van der Waals surface area contributed by atoms with Crippen molar-refractivity contribution in [3.63, 3.8) is 0 Å². The fourth-order valence-electron chi connectivity index (χ4n) is 7.99. The van der Waals surface area contributed by atoms with Crippen LogP contribution in [-0.4, -0.2) is 43.6 Å². The first-order valence-electron chi connectivity index (χ1n) is 15.5. The number of benzene rings is 1. The van der Waals surface area contributed by atoms with Gasteiger partial charge in [-0.25, -0.2) is 4.98 Å². The SMILES string of the molecule is C[C@@H]1C[C@H](C)CN(Cc2cc(C(=O)Nc3cccc(C4(c5nncn5C)CC(CC#N)C4)c3)nc3c2CCC3(C)C)C1. The first-order chi connectivity index (χ1) is 20.1. The minimum Gasteiger partial charge on any atom is -0.321 e. The van der Waals surface area contributed by atoms with Gasteiger partial charge < -0.3 is 9.88 Å². The molecule has 3 aliphatic rings. The Balaban J connectivity index is 1.28. The second-order valence-electron chi connectivity index (χ2n) is 14.0. The van der Waals surface area contributed by atoms with Gasteiger partial charge in [-0.1, -0.05) is 39.8 Å². The van der Waals surface area contributed by atoms with Gasteiger partial charge in [0.2, 0.25) is 0 Å². The van der Waals surface area contributed by atoms with Crippen LogP contribution >= 0.6 is 0 Å². The molecular formula is C34H43N7O. The molecule has 220 valence electrons. The molecule has 3 aromatic rings. The molecular weight excluding hydrogens is 522 g/mol. The second kappa shape index (κ2) is 10.9. The quantitative estimate of drug-likeness (QED) is 0.390. The lowest BCUT2D eigenvalue weighted by atomic mass is 9.57. The zero-order valence-corrected chi connectivity index (χ0v) is 25.7. The number of hydrogen-bond acceptors (Lipinski definition) is 6. The summed E-state index contributed by atoms with van der Waals surface area (Å²) in [5.74, 6) is 2.42. The highest BCUT2D eigenvalue weighted by molar-refractivity contribution is 6.03. The van der Waals surface area contributed by atoms with E-state index < -0.39 is 0 Å². The van der Waals surface area contributed by atoms with Gasteiger partial charge in [-0.15, -0.1) is 10.2 Å². The van der Waals surface area contributed by atoms with Crippen molar-refractivity contribution in [2.45, 2.75) is 83.6 Å². The standard InChI is InChI=1S/C34H43N7O/c1-22-13-23(2)19-41(18-22)20-25-14-29(38-30-28(25)9-11-33(30,3)4)31(42)37-27-8-6-7-26(15-27)34(16-24(17-34)10-12-35)32-39-36-21-40(32)5/h6-8,14-15,21-24H,9-11,13,16-20H2,1-5H3,(H,37,42)/t22-,23+,24?,34?. The second-order valence-corrected chi connectivity index (χ2v) is 14.0. The number of pyridine rings is 1. The zero-order valence-electron chi connectivity index (χ0n) is 25.7. The van der Waals surface area contributed by atoms with E-state index in [-0.39, 0.29) is 16.7 Å². The maximum Gasteiger partial charge on any atom is 0.274 e. The van der Waals surface area contributed by atoms with Crippen LogP contribution in [0.15, 0.2) is 36.7 Å². The van der Waals surface area contributed by atoms with Crippen molar-refractivity contribution in [1.82, 2.24) is 24.6 Å². The van der Waals surface area contributed by atoms with E-state index in [2.05, 4.69) is 66.3 Å². The maximum atomic E-state index is 13.8. The summed E-state index contributed by atoms with van der Waals surface area (Å²) in [4.78, 5) is 21.3. The number of nitrogens with zero attached hydrogens (tertiary/aromatic N) is 6. The van der Waals surface area contributed by atoms with Gasteiger partial charge in [0.15, 0.2) is 0 Å². The van der Waals surface area contributed by atoms with E-state index in [0.29, 0.717) is 29.9 Å². The van der Waals surface area contributed by atoms with E-state index in [4.69, 9.17) is 4.98 Å². The van der Waals surface area contributed by atoms with Crippen LogP contribution in [0.25, 0.3) is 0 Å². The number of carbonyl (C=O) groups excluding carboxylic acids is 1. The number of nitriles is 1. The van der Waals surface area contributed by atoms with Crippen LogP contribution < -0.4 is 5.32 Å². The molecule has 0 unspecified atom stereocenters. The van der Waals surface area contributed by atoms with Crippen molar-refractivity contribution >= 4 is 11.6 Å². The topological polar surface area (TPSA) is 99.7 Å². The predicted octanol–water partition coefficient (Wildman–Crippen LogP) is 5.77. The van der Waals surface area contributed by atoms with Crippen molar-refractivity contribution in [2.24, 2.45) is 24.8 Å². The fraction of sp³-hybridized carbons (Fsp3) is 0.559. The van der Waals surface area contributed by atoms with E-state index in [1.807, 2.05) is 29.8 Å². The average Bonchev–Trinajstić information content (AvgIpc) is 3.48. The molecule has 0 radical (unpaired) electrons. The number of nitrogens with one attached hydrogen (secondary N) is 1. The number of fused-ring (bicyclic) bond motifs is 1. The summed E-state index contributed by atoms with van der Waals surface area (Å²) in [6.07, 6.45) is 7.29. The smallest absolute Gasteiger partial charge is 0.274 e. The van der Waals surface area contributed by atoms with Gasteiger partial charge in [-0.3, -0.25) is 9.69 Å². The van der Waals surface area contributed by atoms with Crippen molar-refractivity contribution in [3.05, 3.63) is 70.6 Å². The molecule has 2 atom stereocenters. The average molecular weight is 566 g/mol. The van der Waals surface area contributed by atoms with Crippen molar-refractivity contribution in [2.75, 3.05) is 18.4 Å². The summed E-state index contributed by atoms with van der Waals surface area (Å²) in [5, 5.41) is 21.0.